The number of hydrogen-bond donors (Lipinski definition) is 0. The number of amides is 1. The molecule has 1 aromatic rings. The first-order valence-electron chi connectivity index (χ1n) is 8.20. The molecular weight excluding hydrogens is 347 g/mol. The third-order valence-electron chi connectivity index (χ3n) is 3.74. The van der Waals surface area contributed by atoms with E-state index in [1.807, 2.05) is 0 Å². The summed E-state index contributed by atoms with van der Waals surface area (Å²) in [7, 11) is 0. The number of esters is 1. The molecule has 9 heteroatoms. The smallest absolute Gasteiger partial charge is 0.410 e. The van der Waals surface area contributed by atoms with Crippen molar-refractivity contribution in [3.05, 3.63) is 34.1 Å². The summed E-state index contributed by atoms with van der Waals surface area (Å²) in [6, 6.07) is 2.65. The van der Waals surface area contributed by atoms with Crippen LogP contribution in [0.5, 0.6) is 5.75 Å². The molecule has 0 radical (unpaired) electrons. The topological polar surface area (TPSA) is 99.0 Å². The van der Waals surface area contributed by atoms with Crippen LogP contribution in [0.3, 0.4) is 0 Å². The summed E-state index contributed by atoms with van der Waals surface area (Å²) in [5, 5.41) is 11.0. The lowest BCUT2D eigenvalue weighted by Gasteiger charge is -2.33. The largest absolute Gasteiger partial charge is 0.444 e. The molecule has 142 valence electrons. The molecule has 1 fully saturated rings. The van der Waals surface area contributed by atoms with Gasteiger partial charge in [0.2, 0.25) is 5.75 Å². The van der Waals surface area contributed by atoms with Crippen molar-refractivity contribution < 1.29 is 28.4 Å². The summed E-state index contributed by atoms with van der Waals surface area (Å²) in [5.74, 6) is -2.61. The molecule has 8 nitrogen and oxygen atoms in total. The van der Waals surface area contributed by atoms with Crippen molar-refractivity contribution in [2.45, 2.75) is 39.2 Å². The predicted octanol–water partition coefficient (Wildman–Crippen LogP) is 3.29. The summed E-state index contributed by atoms with van der Waals surface area (Å²) in [4.78, 5) is 36.1. The Morgan fingerprint density at radius 2 is 2.04 bits per heavy atom. The van der Waals surface area contributed by atoms with Crippen molar-refractivity contribution in [3.8, 4) is 5.75 Å². The number of nitro groups is 1. The second-order valence-electron chi connectivity index (χ2n) is 7.06. The lowest BCUT2D eigenvalue weighted by molar-refractivity contribution is -0.385. The van der Waals surface area contributed by atoms with Gasteiger partial charge in [0.15, 0.2) is 0 Å². The summed E-state index contributed by atoms with van der Waals surface area (Å²) in [6.45, 7) is 5.74. The zero-order valence-electron chi connectivity index (χ0n) is 14.9. The zero-order valence-corrected chi connectivity index (χ0v) is 14.9. The van der Waals surface area contributed by atoms with E-state index in [1.165, 1.54) is 4.90 Å². The Morgan fingerprint density at radius 3 is 2.65 bits per heavy atom. The fourth-order valence-corrected chi connectivity index (χ4v) is 2.57. The number of likely N-dealkylation sites (tertiary alicyclic amines) is 1. The van der Waals surface area contributed by atoms with Crippen molar-refractivity contribution in [1.29, 1.82) is 0 Å². The van der Waals surface area contributed by atoms with Crippen LogP contribution in [0.2, 0.25) is 0 Å². The first kappa shape index (κ1) is 19.6. The number of benzene rings is 1. The minimum absolute atomic E-state index is 0.0802. The van der Waals surface area contributed by atoms with Gasteiger partial charge in [-0.05, 0) is 39.7 Å². The highest BCUT2D eigenvalue weighted by molar-refractivity contribution is 5.78. The van der Waals surface area contributed by atoms with Crippen LogP contribution in [0.15, 0.2) is 18.2 Å². The van der Waals surface area contributed by atoms with Gasteiger partial charge >= 0.3 is 17.7 Å². The van der Waals surface area contributed by atoms with Crippen LogP contribution < -0.4 is 4.74 Å². The third-order valence-corrected chi connectivity index (χ3v) is 3.74. The van der Waals surface area contributed by atoms with Gasteiger partial charge in [0, 0.05) is 25.2 Å². The predicted molar refractivity (Wildman–Crippen MR) is 89.2 cm³/mol. The fraction of sp³-hybridized carbons (Fsp3) is 0.529. The maximum absolute atomic E-state index is 13.3. The Balaban J connectivity index is 2.07. The SMILES string of the molecule is CC(C)(C)OC(=O)N1CCC[C@@H](C(=O)Oc2cc(F)ccc2[N+](=O)[O-])C1. The quantitative estimate of drug-likeness (QED) is 0.351. The third kappa shape index (κ3) is 5.14. The van der Waals surface area contributed by atoms with Gasteiger partial charge in [-0.2, -0.15) is 0 Å². The summed E-state index contributed by atoms with van der Waals surface area (Å²) < 4.78 is 23.7. The number of halogens is 1. The van der Waals surface area contributed by atoms with Crippen LogP contribution in [-0.4, -0.2) is 40.6 Å². The number of piperidine rings is 1. The van der Waals surface area contributed by atoms with E-state index in [-0.39, 0.29) is 6.54 Å². The first-order valence-corrected chi connectivity index (χ1v) is 8.20. The van der Waals surface area contributed by atoms with Gasteiger partial charge in [-0.25, -0.2) is 9.18 Å². The van der Waals surface area contributed by atoms with Crippen molar-refractivity contribution in [2.24, 2.45) is 5.92 Å². The van der Waals surface area contributed by atoms with Gasteiger partial charge in [-0.1, -0.05) is 0 Å². The van der Waals surface area contributed by atoms with Crippen LogP contribution in [0.1, 0.15) is 33.6 Å². The van der Waals surface area contributed by atoms with E-state index in [4.69, 9.17) is 9.47 Å². The average Bonchev–Trinajstić information content (AvgIpc) is 2.53. The number of rotatable bonds is 3. The van der Waals surface area contributed by atoms with Gasteiger partial charge < -0.3 is 14.4 Å². The highest BCUT2D eigenvalue weighted by atomic mass is 19.1. The fourth-order valence-electron chi connectivity index (χ4n) is 2.57. The van der Waals surface area contributed by atoms with E-state index >= 15 is 0 Å². The molecule has 1 heterocycles. The molecule has 0 unspecified atom stereocenters. The van der Waals surface area contributed by atoms with E-state index in [0.29, 0.717) is 19.4 Å². The number of nitro benzene ring substituents is 1. The lowest BCUT2D eigenvalue weighted by Crippen LogP contribution is -2.45. The first-order chi connectivity index (χ1) is 12.1. The maximum Gasteiger partial charge on any atom is 0.410 e. The van der Waals surface area contributed by atoms with Gasteiger partial charge in [0.25, 0.3) is 0 Å². The summed E-state index contributed by atoms with van der Waals surface area (Å²) in [5.41, 5.74) is -1.16. The molecule has 0 spiro atoms. The van der Waals surface area contributed by atoms with Crippen LogP contribution in [0.25, 0.3) is 0 Å². The normalized spacial score (nSPS) is 17.5. The van der Waals surface area contributed by atoms with Crippen molar-refractivity contribution in [3.63, 3.8) is 0 Å². The molecule has 0 N–H and O–H groups in total. The molecule has 1 aliphatic heterocycles. The van der Waals surface area contributed by atoms with Crippen LogP contribution in [0.4, 0.5) is 14.9 Å². The summed E-state index contributed by atoms with van der Waals surface area (Å²) in [6.07, 6.45) is 0.484. The molecule has 1 amide bonds. The van der Waals surface area contributed by atoms with Gasteiger partial charge in [-0.15, -0.1) is 0 Å². The Kier molecular flexibility index (Phi) is 5.79. The number of carbonyl (C=O) groups is 2. The Hall–Kier alpha value is -2.71. The number of carbonyl (C=O) groups excluding carboxylic acids is 2. The molecule has 1 atom stereocenters. The van der Waals surface area contributed by atoms with Gasteiger partial charge in [0.05, 0.1) is 10.8 Å². The zero-order chi connectivity index (χ0) is 19.5. The molecular formula is C17H21FN2O6. The summed E-state index contributed by atoms with van der Waals surface area (Å²) >= 11 is 0. The highest BCUT2D eigenvalue weighted by Gasteiger charge is 2.33. The number of hydrogen-bond acceptors (Lipinski definition) is 6. The Bertz CT molecular complexity index is 716. The van der Waals surface area contributed by atoms with Crippen molar-refractivity contribution >= 4 is 17.7 Å². The van der Waals surface area contributed by atoms with E-state index in [2.05, 4.69) is 0 Å². The number of ether oxygens (including phenoxy) is 2. The molecule has 0 saturated carbocycles. The second-order valence-corrected chi connectivity index (χ2v) is 7.06. The molecule has 1 aliphatic rings. The van der Waals surface area contributed by atoms with Crippen LogP contribution in [-0.2, 0) is 9.53 Å². The maximum atomic E-state index is 13.3. The minimum atomic E-state index is -0.754. The van der Waals surface area contributed by atoms with Gasteiger partial charge in [0.1, 0.15) is 11.4 Å². The molecule has 0 bridgehead atoms. The minimum Gasteiger partial charge on any atom is -0.444 e. The number of nitrogens with zero attached hydrogens (tertiary/aromatic N) is 2. The molecule has 1 saturated heterocycles. The Labute approximate surface area is 150 Å². The lowest BCUT2D eigenvalue weighted by atomic mass is 9.98. The van der Waals surface area contributed by atoms with E-state index < -0.39 is 45.8 Å². The average molecular weight is 368 g/mol. The molecule has 0 aromatic heterocycles. The van der Waals surface area contributed by atoms with Gasteiger partial charge in [-0.3, -0.25) is 14.9 Å². The van der Waals surface area contributed by atoms with Crippen LogP contribution >= 0.6 is 0 Å². The van der Waals surface area contributed by atoms with Crippen molar-refractivity contribution in [2.75, 3.05) is 13.1 Å². The van der Waals surface area contributed by atoms with E-state index in [1.54, 1.807) is 20.8 Å². The Morgan fingerprint density at radius 1 is 1.35 bits per heavy atom. The monoisotopic (exact) mass is 368 g/mol. The molecule has 26 heavy (non-hydrogen) atoms. The molecule has 0 aliphatic carbocycles. The van der Waals surface area contributed by atoms with Crippen LogP contribution in [0, 0.1) is 21.8 Å². The molecule has 1 aromatic carbocycles. The van der Waals surface area contributed by atoms with Crippen molar-refractivity contribution in [1.82, 2.24) is 4.90 Å². The second kappa shape index (κ2) is 7.67. The standard InChI is InChI=1S/C17H21FN2O6/c1-17(2,3)26-16(22)19-8-4-5-11(10-19)15(21)25-14-9-12(18)6-7-13(14)20(23)24/h6-7,9,11H,4-5,8,10H2,1-3H3/t11-/m1/s1. The van der Waals surface area contributed by atoms with E-state index in [0.717, 1.165) is 18.2 Å². The van der Waals surface area contributed by atoms with E-state index in [9.17, 15) is 24.1 Å². The highest BCUT2D eigenvalue weighted by Crippen LogP contribution is 2.29. The molecule has 2 rings (SSSR count).